The molecule has 3 N–H and O–H groups in total. The molecule has 0 aliphatic carbocycles. The van der Waals surface area contributed by atoms with Crippen LogP contribution in [0.2, 0.25) is 0 Å². The molecule has 0 fully saturated rings. The molecular formula is C10H11BrN2O2. The molecule has 0 saturated carbocycles. The number of fused-ring (bicyclic) bond motifs is 1. The second-order valence-electron chi connectivity index (χ2n) is 3.33. The monoisotopic (exact) mass is 270 g/mol. The summed E-state index contributed by atoms with van der Waals surface area (Å²) < 4.78 is 6.14. The summed E-state index contributed by atoms with van der Waals surface area (Å²) in [6.45, 7) is 1.97. The quantitative estimate of drug-likeness (QED) is 0.874. The molecule has 1 unspecified atom stereocenters. The van der Waals surface area contributed by atoms with Crippen LogP contribution < -0.4 is 5.73 Å². The van der Waals surface area contributed by atoms with Crippen molar-refractivity contribution >= 4 is 27.0 Å². The van der Waals surface area contributed by atoms with Crippen molar-refractivity contribution in [2.75, 3.05) is 6.54 Å². The topological polar surface area (TPSA) is 72.3 Å². The molecule has 2 aromatic rings. The molecule has 5 heteroatoms. The number of aryl methyl sites for hydroxylation is 1. The third-order valence-corrected chi connectivity index (χ3v) is 2.88. The van der Waals surface area contributed by atoms with E-state index in [0.717, 1.165) is 15.6 Å². The van der Waals surface area contributed by atoms with Gasteiger partial charge in [-0.05, 0) is 17.7 Å². The zero-order chi connectivity index (χ0) is 11.0. The van der Waals surface area contributed by atoms with Crippen molar-refractivity contribution in [3.8, 4) is 0 Å². The molecule has 0 aliphatic heterocycles. The Morgan fingerprint density at radius 1 is 1.60 bits per heavy atom. The summed E-state index contributed by atoms with van der Waals surface area (Å²) in [4.78, 5) is 4.19. The fourth-order valence-corrected chi connectivity index (χ4v) is 2.05. The molecule has 1 aromatic heterocycles. The molecule has 80 valence electrons. The van der Waals surface area contributed by atoms with Crippen LogP contribution in [0.1, 0.15) is 17.6 Å². The van der Waals surface area contributed by atoms with Crippen LogP contribution in [0.15, 0.2) is 21.0 Å². The van der Waals surface area contributed by atoms with Gasteiger partial charge >= 0.3 is 0 Å². The van der Waals surface area contributed by atoms with Crippen LogP contribution in [-0.4, -0.2) is 16.6 Å². The lowest BCUT2D eigenvalue weighted by Crippen LogP contribution is -2.11. The summed E-state index contributed by atoms with van der Waals surface area (Å²) >= 11 is 3.36. The number of oxazole rings is 1. The maximum Gasteiger partial charge on any atom is 0.192 e. The number of nitrogens with two attached hydrogens (primary N) is 1. The summed E-state index contributed by atoms with van der Waals surface area (Å²) in [5.74, 6) is 0.608. The van der Waals surface area contributed by atoms with Gasteiger partial charge in [-0.1, -0.05) is 15.9 Å². The van der Waals surface area contributed by atoms with Gasteiger partial charge in [0.2, 0.25) is 0 Å². The van der Waals surface area contributed by atoms with Gasteiger partial charge in [0, 0.05) is 17.9 Å². The molecule has 15 heavy (non-hydrogen) atoms. The lowest BCUT2D eigenvalue weighted by molar-refractivity contribution is 0.186. The van der Waals surface area contributed by atoms with E-state index >= 15 is 0 Å². The first kappa shape index (κ1) is 10.6. The summed E-state index contributed by atoms with van der Waals surface area (Å²) in [7, 11) is 0. The number of benzene rings is 1. The fraction of sp³-hybridized carbons (Fsp3) is 0.300. The average molecular weight is 271 g/mol. The van der Waals surface area contributed by atoms with Crippen molar-refractivity contribution in [1.29, 1.82) is 0 Å². The van der Waals surface area contributed by atoms with Gasteiger partial charge in [-0.15, -0.1) is 0 Å². The first-order valence-corrected chi connectivity index (χ1v) is 5.36. The number of hydrogen-bond donors (Lipinski definition) is 2. The largest absolute Gasteiger partial charge is 0.441 e. The van der Waals surface area contributed by atoms with Gasteiger partial charge in [0.05, 0.1) is 6.10 Å². The third kappa shape index (κ3) is 1.90. The van der Waals surface area contributed by atoms with Crippen molar-refractivity contribution in [1.82, 2.24) is 4.98 Å². The Kier molecular flexibility index (Phi) is 2.77. The highest BCUT2D eigenvalue weighted by Gasteiger charge is 2.13. The van der Waals surface area contributed by atoms with Crippen molar-refractivity contribution < 1.29 is 9.52 Å². The van der Waals surface area contributed by atoms with E-state index in [4.69, 9.17) is 10.2 Å². The van der Waals surface area contributed by atoms with E-state index in [1.807, 2.05) is 0 Å². The lowest BCUT2D eigenvalue weighted by Gasteiger charge is -2.09. The van der Waals surface area contributed by atoms with Crippen LogP contribution in [0.25, 0.3) is 11.1 Å². The maximum absolute atomic E-state index is 9.66. The van der Waals surface area contributed by atoms with Crippen LogP contribution in [0.4, 0.5) is 0 Å². The van der Waals surface area contributed by atoms with Crippen LogP contribution in [0, 0.1) is 6.92 Å². The van der Waals surface area contributed by atoms with Gasteiger partial charge in [-0.25, -0.2) is 4.98 Å². The molecule has 4 nitrogen and oxygen atoms in total. The highest BCUT2D eigenvalue weighted by Crippen LogP contribution is 2.28. The second-order valence-corrected chi connectivity index (χ2v) is 4.18. The van der Waals surface area contributed by atoms with E-state index in [-0.39, 0.29) is 6.54 Å². The van der Waals surface area contributed by atoms with Gasteiger partial charge in [0.1, 0.15) is 5.52 Å². The zero-order valence-corrected chi connectivity index (χ0v) is 9.78. The maximum atomic E-state index is 9.66. The number of rotatable bonds is 2. The first-order valence-electron chi connectivity index (χ1n) is 4.56. The average Bonchev–Trinajstić information content (AvgIpc) is 2.55. The SMILES string of the molecule is Cc1nc2cc(C(O)CN)c(Br)cc2o1. The Hall–Kier alpha value is -0.910. The number of nitrogens with zero attached hydrogens (tertiary/aromatic N) is 1. The van der Waals surface area contributed by atoms with E-state index in [9.17, 15) is 5.11 Å². The molecule has 1 heterocycles. The minimum atomic E-state index is -0.680. The predicted molar refractivity (Wildman–Crippen MR) is 60.5 cm³/mol. The number of halogens is 1. The van der Waals surface area contributed by atoms with Gasteiger partial charge < -0.3 is 15.3 Å². The fourth-order valence-electron chi connectivity index (χ4n) is 1.46. The minimum absolute atomic E-state index is 0.181. The van der Waals surface area contributed by atoms with Crippen LogP contribution in [0.3, 0.4) is 0 Å². The van der Waals surface area contributed by atoms with E-state index in [1.165, 1.54) is 0 Å². The smallest absolute Gasteiger partial charge is 0.192 e. The Balaban J connectivity index is 2.60. The Bertz CT molecular complexity index is 495. The van der Waals surface area contributed by atoms with Gasteiger partial charge in [0.15, 0.2) is 11.5 Å². The summed E-state index contributed by atoms with van der Waals surface area (Å²) in [5, 5.41) is 9.66. The zero-order valence-electron chi connectivity index (χ0n) is 8.20. The standard InChI is InChI=1S/C10H11BrN2O2/c1-5-13-8-2-6(9(14)4-12)7(11)3-10(8)15-5/h2-3,9,14H,4,12H2,1H3. The molecule has 0 amide bonds. The molecule has 1 atom stereocenters. The van der Waals surface area contributed by atoms with Gasteiger partial charge in [-0.2, -0.15) is 0 Å². The molecule has 0 saturated heterocycles. The number of hydrogen-bond acceptors (Lipinski definition) is 4. The van der Waals surface area contributed by atoms with Crippen molar-refractivity contribution in [3.63, 3.8) is 0 Å². The molecule has 0 aliphatic rings. The summed E-state index contributed by atoms with van der Waals surface area (Å²) in [6, 6.07) is 3.58. The predicted octanol–water partition coefficient (Wildman–Crippen LogP) is 1.89. The minimum Gasteiger partial charge on any atom is -0.441 e. The number of aliphatic hydroxyl groups excluding tert-OH is 1. The van der Waals surface area contributed by atoms with Gasteiger partial charge in [0.25, 0.3) is 0 Å². The third-order valence-electron chi connectivity index (χ3n) is 2.20. The van der Waals surface area contributed by atoms with Crippen LogP contribution in [-0.2, 0) is 0 Å². The number of aliphatic hydroxyl groups is 1. The summed E-state index contributed by atoms with van der Waals surface area (Å²) in [6.07, 6.45) is -0.680. The van der Waals surface area contributed by atoms with Crippen LogP contribution >= 0.6 is 15.9 Å². The molecule has 1 aromatic carbocycles. The molecule has 2 rings (SSSR count). The first-order chi connectivity index (χ1) is 7.11. The molecule has 0 radical (unpaired) electrons. The van der Waals surface area contributed by atoms with Crippen molar-refractivity contribution in [2.45, 2.75) is 13.0 Å². The lowest BCUT2D eigenvalue weighted by atomic mass is 10.1. The van der Waals surface area contributed by atoms with Crippen molar-refractivity contribution in [2.24, 2.45) is 5.73 Å². The number of aromatic nitrogens is 1. The highest BCUT2D eigenvalue weighted by atomic mass is 79.9. The summed E-state index contributed by atoms with van der Waals surface area (Å²) in [5.41, 5.74) is 7.58. The van der Waals surface area contributed by atoms with E-state index in [2.05, 4.69) is 20.9 Å². The highest BCUT2D eigenvalue weighted by molar-refractivity contribution is 9.10. The Morgan fingerprint density at radius 2 is 2.33 bits per heavy atom. The van der Waals surface area contributed by atoms with Gasteiger partial charge in [-0.3, -0.25) is 0 Å². The second kappa shape index (κ2) is 3.92. The molecule has 0 bridgehead atoms. The van der Waals surface area contributed by atoms with E-state index in [1.54, 1.807) is 19.1 Å². The van der Waals surface area contributed by atoms with E-state index in [0.29, 0.717) is 11.5 Å². The molecular weight excluding hydrogens is 260 g/mol. The van der Waals surface area contributed by atoms with Crippen molar-refractivity contribution in [3.05, 3.63) is 28.1 Å². The van der Waals surface area contributed by atoms with Crippen LogP contribution in [0.5, 0.6) is 0 Å². The Morgan fingerprint density at radius 3 is 3.00 bits per heavy atom. The normalized spacial score (nSPS) is 13.3. The van der Waals surface area contributed by atoms with E-state index < -0.39 is 6.10 Å². The Labute approximate surface area is 95.2 Å². The molecule has 0 spiro atoms.